The van der Waals surface area contributed by atoms with E-state index < -0.39 is 0 Å². The fourth-order valence-corrected chi connectivity index (χ4v) is 4.07. The molecule has 1 aliphatic heterocycles. The first-order valence-electron chi connectivity index (χ1n) is 10.7. The third-order valence-electron chi connectivity index (χ3n) is 5.71. The molecule has 1 aliphatic rings. The number of piperidine rings is 1. The molecular weight excluding hydrogens is 392 g/mol. The van der Waals surface area contributed by atoms with Crippen LogP contribution in [0.3, 0.4) is 0 Å². The van der Waals surface area contributed by atoms with E-state index in [4.69, 9.17) is 16.3 Å². The van der Waals surface area contributed by atoms with E-state index in [1.807, 2.05) is 36.4 Å². The zero-order valence-electron chi connectivity index (χ0n) is 17.3. The molecule has 0 atom stereocenters. The number of nitrogens with one attached hydrogen (secondary N) is 1. The van der Waals surface area contributed by atoms with Gasteiger partial charge < -0.3 is 10.1 Å². The molecule has 0 bridgehead atoms. The highest BCUT2D eigenvalue weighted by Crippen LogP contribution is 2.19. The van der Waals surface area contributed by atoms with Gasteiger partial charge in [0.1, 0.15) is 12.4 Å². The highest BCUT2D eigenvalue weighted by Gasteiger charge is 2.18. The molecule has 0 aromatic heterocycles. The quantitative estimate of drug-likeness (QED) is 0.507. The van der Waals surface area contributed by atoms with Gasteiger partial charge in [-0.3, -0.25) is 4.90 Å². The molecule has 0 saturated carbocycles. The Hall–Kier alpha value is -2.33. The minimum atomic E-state index is 0.485. The Morgan fingerprint density at radius 2 is 1.53 bits per heavy atom. The SMILES string of the molecule is Clc1ccccc1COc1ccc(CNC2CCN(Cc3ccccc3)CC2)cc1. The van der Waals surface area contributed by atoms with E-state index in [0.717, 1.165) is 42.5 Å². The van der Waals surface area contributed by atoms with Crippen LogP contribution in [0.1, 0.15) is 29.5 Å². The van der Waals surface area contributed by atoms with Crippen molar-refractivity contribution >= 4 is 11.6 Å². The monoisotopic (exact) mass is 420 g/mol. The predicted octanol–water partition coefficient (Wildman–Crippen LogP) is 5.67. The van der Waals surface area contributed by atoms with Crippen molar-refractivity contribution in [2.75, 3.05) is 13.1 Å². The van der Waals surface area contributed by atoms with Crippen LogP contribution >= 0.6 is 11.6 Å². The Labute approximate surface area is 184 Å². The minimum absolute atomic E-state index is 0.485. The van der Waals surface area contributed by atoms with Gasteiger partial charge in [-0.25, -0.2) is 0 Å². The largest absolute Gasteiger partial charge is 0.489 e. The summed E-state index contributed by atoms with van der Waals surface area (Å²) in [5.41, 5.74) is 3.69. The smallest absolute Gasteiger partial charge is 0.119 e. The van der Waals surface area contributed by atoms with E-state index >= 15 is 0 Å². The van der Waals surface area contributed by atoms with Crippen LogP contribution in [0.25, 0.3) is 0 Å². The lowest BCUT2D eigenvalue weighted by molar-refractivity contribution is 0.190. The summed E-state index contributed by atoms with van der Waals surface area (Å²) in [5.74, 6) is 0.868. The lowest BCUT2D eigenvalue weighted by Crippen LogP contribution is -2.41. The maximum Gasteiger partial charge on any atom is 0.119 e. The molecule has 1 fully saturated rings. The van der Waals surface area contributed by atoms with Crippen molar-refractivity contribution in [1.82, 2.24) is 10.2 Å². The van der Waals surface area contributed by atoms with Crippen molar-refractivity contribution in [3.63, 3.8) is 0 Å². The van der Waals surface area contributed by atoms with Gasteiger partial charge in [-0.15, -0.1) is 0 Å². The zero-order chi connectivity index (χ0) is 20.6. The molecule has 30 heavy (non-hydrogen) atoms. The van der Waals surface area contributed by atoms with Gasteiger partial charge in [0.15, 0.2) is 0 Å². The number of likely N-dealkylation sites (tertiary alicyclic amines) is 1. The predicted molar refractivity (Wildman–Crippen MR) is 124 cm³/mol. The Morgan fingerprint density at radius 1 is 0.833 bits per heavy atom. The van der Waals surface area contributed by atoms with Crippen molar-refractivity contribution in [2.45, 2.75) is 38.6 Å². The number of ether oxygens (including phenoxy) is 1. The molecule has 3 nitrogen and oxygen atoms in total. The second kappa shape index (κ2) is 10.6. The Morgan fingerprint density at radius 3 is 2.27 bits per heavy atom. The van der Waals surface area contributed by atoms with Crippen molar-refractivity contribution in [2.24, 2.45) is 0 Å². The van der Waals surface area contributed by atoms with Crippen LogP contribution in [0.15, 0.2) is 78.9 Å². The zero-order valence-corrected chi connectivity index (χ0v) is 18.0. The van der Waals surface area contributed by atoms with Gasteiger partial charge in [0.2, 0.25) is 0 Å². The first kappa shape index (κ1) is 20.9. The lowest BCUT2D eigenvalue weighted by atomic mass is 10.0. The molecule has 0 amide bonds. The van der Waals surface area contributed by atoms with E-state index in [1.165, 1.54) is 24.0 Å². The maximum absolute atomic E-state index is 6.19. The highest BCUT2D eigenvalue weighted by atomic mass is 35.5. The van der Waals surface area contributed by atoms with Crippen LogP contribution in [-0.4, -0.2) is 24.0 Å². The highest BCUT2D eigenvalue weighted by molar-refractivity contribution is 6.31. The van der Waals surface area contributed by atoms with E-state index in [0.29, 0.717) is 12.6 Å². The molecule has 0 aliphatic carbocycles. The minimum Gasteiger partial charge on any atom is -0.489 e. The van der Waals surface area contributed by atoms with Crippen LogP contribution in [0, 0.1) is 0 Å². The summed E-state index contributed by atoms with van der Waals surface area (Å²) < 4.78 is 5.87. The summed E-state index contributed by atoms with van der Waals surface area (Å²) in [6, 6.07) is 27.5. The molecule has 156 valence electrons. The standard InChI is InChI=1S/C26H29ClN2O/c27-26-9-5-4-8-23(26)20-30-25-12-10-21(11-13-25)18-28-24-14-16-29(17-15-24)19-22-6-2-1-3-7-22/h1-13,24,28H,14-20H2. The van der Waals surface area contributed by atoms with Crippen LogP contribution in [0.5, 0.6) is 5.75 Å². The summed E-state index contributed by atoms with van der Waals surface area (Å²) in [7, 11) is 0. The van der Waals surface area contributed by atoms with E-state index in [1.54, 1.807) is 0 Å². The molecule has 1 saturated heterocycles. The fourth-order valence-electron chi connectivity index (χ4n) is 3.88. The molecular formula is C26H29ClN2O. The summed E-state index contributed by atoms with van der Waals surface area (Å²) >= 11 is 6.19. The Balaban J connectivity index is 1.18. The van der Waals surface area contributed by atoms with Crippen LogP contribution in [0.2, 0.25) is 5.02 Å². The number of benzene rings is 3. The number of hydrogen-bond donors (Lipinski definition) is 1. The summed E-state index contributed by atoms with van der Waals surface area (Å²) in [6.45, 7) is 4.75. The number of hydrogen-bond acceptors (Lipinski definition) is 3. The molecule has 4 heteroatoms. The lowest BCUT2D eigenvalue weighted by Gasteiger charge is -2.32. The average Bonchev–Trinajstić information content (AvgIpc) is 2.79. The van der Waals surface area contributed by atoms with Gasteiger partial charge in [0.05, 0.1) is 0 Å². The van der Waals surface area contributed by atoms with Crippen LogP contribution < -0.4 is 10.1 Å². The van der Waals surface area contributed by atoms with Gasteiger partial charge in [-0.05, 0) is 55.3 Å². The van der Waals surface area contributed by atoms with E-state index in [-0.39, 0.29) is 0 Å². The molecule has 3 aromatic rings. The Kier molecular flexibility index (Phi) is 7.41. The van der Waals surface area contributed by atoms with Gasteiger partial charge >= 0.3 is 0 Å². The first-order valence-corrected chi connectivity index (χ1v) is 11.1. The molecule has 3 aromatic carbocycles. The summed E-state index contributed by atoms with van der Waals surface area (Å²) in [5, 5.41) is 4.47. The number of rotatable bonds is 8. The molecule has 0 unspecified atom stereocenters. The second-order valence-electron chi connectivity index (χ2n) is 7.94. The molecule has 0 radical (unpaired) electrons. The van der Waals surface area contributed by atoms with Crippen molar-refractivity contribution in [1.29, 1.82) is 0 Å². The average molecular weight is 421 g/mol. The van der Waals surface area contributed by atoms with E-state index in [2.05, 4.69) is 52.7 Å². The number of halogens is 1. The van der Waals surface area contributed by atoms with Gasteiger partial charge in [-0.1, -0.05) is 72.3 Å². The molecule has 1 heterocycles. The normalized spacial score (nSPS) is 15.2. The van der Waals surface area contributed by atoms with Crippen LogP contribution in [-0.2, 0) is 19.7 Å². The molecule has 0 spiro atoms. The fraction of sp³-hybridized carbons (Fsp3) is 0.308. The topological polar surface area (TPSA) is 24.5 Å². The maximum atomic E-state index is 6.19. The van der Waals surface area contributed by atoms with E-state index in [9.17, 15) is 0 Å². The third kappa shape index (κ3) is 6.09. The van der Waals surface area contributed by atoms with Crippen molar-refractivity contribution in [3.05, 3.63) is 101 Å². The summed E-state index contributed by atoms with van der Waals surface area (Å²) in [6.07, 6.45) is 2.40. The first-order chi connectivity index (χ1) is 14.8. The van der Waals surface area contributed by atoms with Gasteiger partial charge in [0.25, 0.3) is 0 Å². The van der Waals surface area contributed by atoms with Crippen molar-refractivity contribution < 1.29 is 4.74 Å². The molecule has 1 N–H and O–H groups in total. The van der Waals surface area contributed by atoms with Crippen LogP contribution in [0.4, 0.5) is 0 Å². The Bertz CT molecular complexity index is 906. The van der Waals surface area contributed by atoms with Crippen molar-refractivity contribution in [3.8, 4) is 5.75 Å². The number of nitrogens with zero attached hydrogens (tertiary/aromatic N) is 1. The third-order valence-corrected chi connectivity index (χ3v) is 6.08. The van der Waals surface area contributed by atoms with Gasteiger partial charge in [0, 0.05) is 29.7 Å². The molecule has 4 rings (SSSR count). The second-order valence-corrected chi connectivity index (χ2v) is 8.35. The van der Waals surface area contributed by atoms with Gasteiger partial charge in [-0.2, -0.15) is 0 Å². The summed E-state index contributed by atoms with van der Waals surface area (Å²) in [4.78, 5) is 2.55.